The lowest BCUT2D eigenvalue weighted by molar-refractivity contribution is -0.206. The van der Waals surface area contributed by atoms with Crippen molar-refractivity contribution in [2.75, 3.05) is 59.8 Å². The summed E-state index contributed by atoms with van der Waals surface area (Å²) in [6.45, 7) is 7.26. The molecule has 0 aliphatic carbocycles. The standard InChI is InChI=1S/C20H21F4N5O2.C19H16F6N4O3/c1-10-9-29(6-5-25-10)15-8-12(20(22,23)24)7-14(27-15)13-3-4-26-18-16(13)17(11(2)21)31-19(30)28-18;1-9-8-29(4-5-31-9)13-7-10(18(20,21)22)6-12(27-13)11-2-3-26-16-14(11)15(19(23,24)25)32-17(30)28-16/h3-4,7-8,10-11,17,25H,5-6,9H2,1-2H3,(H,26,28,30);2-3,6-7,9,15H,4-5,8H2,1H3,(H,26,28,30)/t10-,11?,17?;9-,15+/m00/s1. The molecule has 14 nitrogen and oxygen atoms in total. The molecule has 8 heterocycles. The Hall–Kier alpha value is -6.04. The number of nitrogens with zero attached hydrogens (tertiary/aromatic N) is 6. The summed E-state index contributed by atoms with van der Waals surface area (Å²) in [6, 6.07) is 6.07. The lowest BCUT2D eigenvalue weighted by Gasteiger charge is -2.33. The molecule has 5 atom stereocenters. The number of ether oxygens (including phenoxy) is 3. The number of pyridine rings is 4. The van der Waals surface area contributed by atoms with E-state index >= 15 is 0 Å². The summed E-state index contributed by atoms with van der Waals surface area (Å²) in [5, 5.41) is 7.67. The largest absolute Gasteiger partial charge is 0.438 e. The van der Waals surface area contributed by atoms with Gasteiger partial charge in [0.25, 0.3) is 0 Å². The molecule has 2 unspecified atom stereocenters. The number of halogens is 10. The van der Waals surface area contributed by atoms with Crippen molar-refractivity contribution in [3.8, 4) is 22.5 Å². The van der Waals surface area contributed by atoms with Crippen molar-refractivity contribution >= 4 is 35.5 Å². The Morgan fingerprint density at radius 3 is 1.76 bits per heavy atom. The predicted molar refractivity (Wildman–Crippen MR) is 205 cm³/mol. The number of hydrogen-bond acceptors (Lipinski definition) is 12. The van der Waals surface area contributed by atoms with Gasteiger partial charge in [-0.2, -0.15) is 39.5 Å². The Labute approximate surface area is 351 Å². The van der Waals surface area contributed by atoms with Crippen molar-refractivity contribution < 1.29 is 67.7 Å². The lowest BCUT2D eigenvalue weighted by Crippen LogP contribution is -2.49. The van der Waals surface area contributed by atoms with Gasteiger partial charge in [0.15, 0.2) is 6.10 Å². The van der Waals surface area contributed by atoms with Gasteiger partial charge >= 0.3 is 30.7 Å². The maximum absolute atomic E-state index is 14.3. The second-order valence-electron chi connectivity index (χ2n) is 14.9. The number of amides is 2. The van der Waals surface area contributed by atoms with Crippen LogP contribution < -0.4 is 25.8 Å². The van der Waals surface area contributed by atoms with Gasteiger partial charge < -0.3 is 29.3 Å². The molecule has 4 aliphatic rings. The summed E-state index contributed by atoms with van der Waals surface area (Å²) >= 11 is 0. The average molecular weight is 902 g/mol. The minimum Gasteiger partial charge on any atom is -0.438 e. The number of carbonyl (C=O) groups excluding carboxylic acids is 2. The van der Waals surface area contributed by atoms with Gasteiger partial charge in [0.1, 0.15) is 29.4 Å². The summed E-state index contributed by atoms with van der Waals surface area (Å²) in [6.07, 6.45) is -20.1. The highest BCUT2D eigenvalue weighted by Crippen LogP contribution is 2.47. The molecule has 338 valence electrons. The van der Waals surface area contributed by atoms with Crippen molar-refractivity contribution in [2.45, 2.75) is 69.8 Å². The fourth-order valence-electron chi connectivity index (χ4n) is 7.42. The van der Waals surface area contributed by atoms with Gasteiger partial charge in [0, 0.05) is 67.8 Å². The number of aromatic nitrogens is 4. The van der Waals surface area contributed by atoms with Crippen LogP contribution in [0.15, 0.2) is 48.8 Å². The molecule has 0 bridgehead atoms. The molecule has 0 saturated carbocycles. The van der Waals surface area contributed by atoms with Gasteiger partial charge in [-0.3, -0.25) is 10.6 Å². The van der Waals surface area contributed by atoms with E-state index in [-0.39, 0.29) is 77.4 Å². The summed E-state index contributed by atoms with van der Waals surface area (Å²) < 4.78 is 152. The number of hydrogen-bond donors (Lipinski definition) is 3. The Bertz CT molecular complexity index is 2370. The lowest BCUT2D eigenvalue weighted by atomic mass is 9.96. The average Bonchev–Trinajstić information content (AvgIpc) is 3.21. The number of morpholine rings is 1. The van der Waals surface area contributed by atoms with Gasteiger partial charge in [-0.1, -0.05) is 0 Å². The smallest absolute Gasteiger partial charge is 0.430 e. The Kier molecular flexibility index (Phi) is 12.3. The predicted octanol–water partition coefficient (Wildman–Crippen LogP) is 8.47. The highest BCUT2D eigenvalue weighted by atomic mass is 19.4. The molecule has 4 aromatic heterocycles. The number of rotatable bonds is 5. The molecule has 24 heteroatoms. The zero-order chi connectivity index (χ0) is 45.6. The van der Waals surface area contributed by atoms with Crippen LogP contribution in [0.2, 0.25) is 0 Å². The van der Waals surface area contributed by atoms with Crippen molar-refractivity contribution in [1.29, 1.82) is 0 Å². The Morgan fingerprint density at radius 2 is 1.25 bits per heavy atom. The number of nitrogens with one attached hydrogen (secondary N) is 3. The van der Waals surface area contributed by atoms with Crippen LogP contribution in [0.5, 0.6) is 0 Å². The zero-order valence-electron chi connectivity index (χ0n) is 33.3. The third-order valence-electron chi connectivity index (χ3n) is 10.2. The summed E-state index contributed by atoms with van der Waals surface area (Å²) in [7, 11) is 0. The van der Waals surface area contributed by atoms with E-state index in [1.54, 1.807) is 16.7 Å². The van der Waals surface area contributed by atoms with Gasteiger partial charge in [-0.15, -0.1) is 0 Å². The number of fused-ring (bicyclic) bond motifs is 2. The van der Waals surface area contributed by atoms with Crippen molar-refractivity contribution in [2.24, 2.45) is 0 Å². The van der Waals surface area contributed by atoms with Crippen molar-refractivity contribution in [1.82, 2.24) is 25.3 Å². The van der Waals surface area contributed by atoms with Crippen LogP contribution in [0, 0.1) is 0 Å². The van der Waals surface area contributed by atoms with E-state index in [1.807, 2.05) is 6.92 Å². The minimum absolute atomic E-state index is 0.0000553. The monoisotopic (exact) mass is 901 g/mol. The summed E-state index contributed by atoms with van der Waals surface area (Å²) in [5.41, 5.74) is -2.83. The van der Waals surface area contributed by atoms with E-state index < -0.39 is 71.6 Å². The second kappa shape index (κ2) is 17.3. The van der Waals surface area contributed by atoms with E-state index in [2.05, 4.69) is 40.6 Å². The molecule has 0 aromatic carbocycles. The molecule has 0 radical (unpaired) electrons. The van der Waals surface area contributed by atoms with Crippen LogP contribution in [-0.2, 0) is 26.6 Å². The molecule has 3 N–H and O–H groups in total. The molecular weight excluding hydrogens is 864 g/mol. The molecule has 4 aromatic rings. The number of piperazine rings is 1. The van der Waals surface area contributed by atoms with Gasteiger partial charge in [0.05, 0.1) is 40.8 Å². The maximum atomic E-state index is 14.3. The first kappa shape index (κ1) is 45.0. The SMILES string of the molecule is CC(F)C1OC(=O)Nc2nccc(-c3cc(C(F)(F)F)cc(N4CCN[C@@H](C)C4)n3)c21.C[C@H]1CN(c2cc(C(F)(F)F)cc(-c3ccnc4c3[C@H](C(F)(F)F)OC(=O)N4)n2)CCO1. The highest BCUT2D eigenvalue weighted by molar-refractivity contribution is 5.90. The number of carbonyl (C=O) groups is 2. The third-order valence-corrected chi connectivity index (χ3v) is 10.2. The maximum Gasteiger partial charge on any atom is 0.430 e. The molecule has 4 aliphatic heterocycles. The van der Waals surface area contributed by atoms with Crippen LogP contribution in [0.25, 0.3) is 22.5 Å². The van der Waals surface area contributed by atoms with Crippen molar-refractivity contribution in [3.63, 3.8) is 0 Å². The molecule has 63 heavy (non-hydrogen) atoms. The van der Waals surface area contributed by atoms with E-state index in [4.69, 9.17) is 9.47 Å². The molecule has 2 amide bonds. The first-order valence-corrected chi connectivity index (χ1v) is 19.2. The molecule has 8 rings (SSSR count). The van der Waals surface area contributed by atoms with Crippen LogP contribution >= 0.6 is 0 Å². The van der Waals surface area contributed by atoms with Crippen molar-refractivity contribution in [3.05, 3.63) is 71.0 Å². The normalized spacial score (nSPS) is 22.0. The quantitative estimate of drug-likeness (QED) is 0.165. The van der Waals surface area contributed by atoms with E-state index in [1.165, 1.54) is 19.2 Å². The molecule has 2 fully saturated rings. The second-order valence-corrected chi connectivity index (χ2v) is 14.9. The minimum atomic E-state index is -5.02. The van der Waals surface area contributed by atoms with E-state index in [0.717, 1.165) is 30.5 Å². The number of cyclic esters (lactones) is 2. The third kappa shape index (κ3) is 9.95. The van der Waals surface area contributed by atoms with Crippen LogP contribution in [0.4, 0.5) is 76.8 Å². The molecule has 0 spiro atoms. The van der Waals surface area contributed by atoms with Crippen LogP contribution in [0.1, 0.15) is 55.2 Å². The Morgan fingerprint density at radius 1 is 0.730 bits per heavy atom. The first-order chi connectivity index (χ1) is 29.6. The fourth-order valence-corrected chi connectivity index (χ4v) is 7.42. The number of alkyl halides is 10. The van der Waals surface area contributed by atoms with Crippen LogP contribution in [0.3, 0.4) is 0 Å². The molecular formula is C39H37F10N9O5. The molecule has 2 saturated heterocycles. The van der Waals surface area contributed by atoms with Gasteiger partial charge in [-0.25, -0.2) is 33.9 Å². The Balaban J connectivity index is 0.000000189. The first-order valence-electron chi connectivity index (χ1n) is 19.2. The van der Waals surface area contributed by atoms with Gasteiger partial charge in [-0.05, 0) is 57.2 Å². The summed E-state index contributed by atoms with van der Waals surface area (Å²) in [4.78, 5) is 43.1. The van der Waals surface area contributed by atoms with Crippen LogP contribution in [-0.4, -0.2) is 95.9 Å². The highest BCUT2D eigenvalue weighted by Gasteiger charge is 2.49. The zero-order valence-corrected chi connectivity index (χ0v) is 33.3. The topological polar surface area (TPSA) is 156 Å². The van der Waals surface area contributed by atoms with E-state index in [0.29, 0.717) is 25.7 Å². The van der Waals surface area contributed by atoms with Gasteiger partial charge in [0.2, 0.25) is 6.10 Å². The fraction of sp³-hybridized carbons (Fsp3) is 0.436. The van der Waals surface area contributed by atoms with E-state index in [9.17, 15) is 53.5 Å². The summed E-state index contributed by atoms with van der Waals surface area (Å²) in [5.74, 6) is -0.296. The number of anilines is 4.